The van der Waals surface area contributed by atoms with Gasteiger partial charge in [0, 0.05) is 5.69 Å². The van der Waals surface area contributed by atoms with E-state index in [4.69, 9.17) is 11.6 Å². The van der Waals surface area contributed by atoms with Crippen LogP contribution >= 0.6 is 11.6 Å². The second-order valence-corrected chi connectivity index (χ2v) is 3.10. The Hall–Kier alpha value is -1.61. The Bertz CT molecular complexity index is 450. The van der Waals surface area contributed by atoms with Gasteiger partial charge in [0.1, 0.15) is 12.0 Å². The Kier molecular flexibility index (Phi) is 2.33. The van der Waals surface area contributed by atoms with Crippen LogP contribution < -0.4 is 0 Å². The molecule has 1 aromatic heterocycles. The van der Waals surface area contributed by atoms with E-state index < -0.39 is 0 Å². The Labute approximate surface area is 86.0 Å². The van der Waals surface area contributed by atoms with Crippen molar-refractivity contribution in [3.63, 3.8) is 0 Å². The minimum absolute atomic E-state index is 0.226. The summed E-state index contributed by atoms with van der Waals surface area (Å²) in [6.45, 7) is 0. The van der Waals surface area contributed by atoms with Crippen LogP contribution in [0.2, 0.25) is 5.15 Å². The number of imidazole rings is 1. The molecule has 0 bridgehead atoms. The molecule has 3 nitrogen and oxygen atoms in total. The summed E-state index contributed by atoms with van der Waals surface area (Å²) in [6, 6.07) is 9.44. The molecule has 2 rings (SSSR count). The maximum atomic E-state index is 10.7. The highest BCUT2D eigenvalue weighted by atomic mass is 35.5. The molecule has 0 fully saturated rings. The van der Waals surface area contributed by atoms with Crippen LogP contribution in [0.1, 0.15) is 10.5 Å². The van der Waals surface area contributed by atoms with Gasteiger partial charge in [-0.05, 0) is 12.1 Å². The van der Waals surface area contributed by atoms with Gasteiger partial charge in [0.15, 0.2) is 11.4 Å². The number of rotatable bonds is 2. The molecule has 1 heterocycles. The van der Waals surface area contributed by atoms with Crippen LogP contribution in [0.3, 0.4) is 0 Å². The van der Waals surface area contributed by atoms with E-state index in [1.165, 1.54) is 6.33 Å². The van der Waals surface area contributed by atoms with Gasteiger partial charge in [-0.2, -0.15) is 0 Å². The van der Waals surface area contributed by atoms with Crippen molar-refractivity contribution in [3.05, 3.63) is 47.5 Å². The second kappa shape index (κ2) is 3.64. The molecule has 0 N–H and O–H groups in total. The molecule has 0 aliphatic heterocycles. The summed E-state index contributed by atoms with van der Waals surface area (Å²) in [4.78, 5) is 14.6. The number of aromatic nitrogens is 2. The van der Waals surface area contributed by atoms with Gasteiger partial charge >= 0.3 is 0 Å². The lowest BCUT2D eigenvalue weighted by Crippen LogP contribution is -1.97. The largest absolute Gasteiger partial charge is 0.296 e. The first-order chi connectivity index (χ1) is 6.83. The molecule has 14 heavy (non-hydrogen) atoms. The number of para-hydroxylation sites is 1. The van der Waals surface area contributed by atoms with Crippen LogP contribution in [0.25, 0.3) is 5.69 Å². The molecule has 0 aliphatic carbocycles. The van der Waals surface area contributed by atoms with E-state index in [9.17, 15) is 4.79 Å². The number of benzene rings is 1. The molecule has 4 heteroatoms. The molecule has 1 aromatic carbocycles. The fourth-order valence-electron chi connectivity index (χ4n) is 1.24. The first-order valence-corrected chi connectivity index (χ1v) is 4.44. The minimum Gasteiger partial charge on any atom is -0.296 e. The Morgan fingerprint density at radius 1 is 1.29 bits per heavy atom. The van der Waals surface area contributed by atoms with Crippen LogP contribution in [0.5, 0.6) is 0 Å². The number of hydrogen-bond donors (Lipinski definition) is 0. The van der Waals surface area contributed by atoms with Crippen LogP contribution in [0, 0.1) is 0 Å². The lowest BCUT2D eigenvalue weighted by Gasteiger charge is -2.02. The summed E-state index contributed by atoms with van der Waals surface area (Å²) < 4.78 is 1.65. The van der Waals surface area contributed by atoms with E-state index in [-0.39, 0.29) is 5.15 Å². The predicted molar refractivity (Wildman–Crippen MR) is 54.0 cm³/mol. The number of nitrogens with zero attached hydrogens (tertiary/aromatic N) is 2. The van der Waals surface area contributed by atoms with Gasteiger partial charge in [0.05, 0.1) is 0 Å². The van der Waals surface area contributed by atoms with Gasteiger partial charge in [0.2, 0.25) is 0 Å². The summed E-state index contributed by atoms with van der Waals surface area (Å²) in [5, 5.41) is 0.226. The van der Waals surface area contributed by atoms with Crippen molar-refractivity contribution < 1.29 is 4.79 Å². The first kappa shape index (κ1) is 8.97. The normalized spacial score (nSPS) is 10.1. The van der Waals surface area contributed by atoms with Gasteiger partial charge < -0.3 is 0 Å². The lowest BCUT2D eigenvalue weighted by molar-refractivity contribution is 0.111. The fourth-order valence-corrected chi connectivity index (χ4v) is 1.42. The van der Waals surface area contributed by atoms with Gasteiger partial charge in [-0.25, -0.2) is 4.98 Å². The third-order valence-electron chi connectivity index (χ3n) is 1.90. The Morgan fingerprint density at radius 2 is 2.00 bits per heavy atom. The number of carbonyl (C=O) groups excluding carboxylic acids is 1. The van der Waals surface area contributed by atoms with Crippen LogP contribution in [-0.2, 0) is 0 Å². The average molecular weight is 207 g/mol. The average Bonchev–Trinajstić information content (AvgIpc) is 2.61. The van der Waals surface area contributed by atoms with Gasteiger partial charge in [0.25, 0.3) is 0 Å². The molecule has 0 atom stereocenters. The van der Waals surface area contributed by atoms with E-state index in [1.807, 2.05) is 30.3 Å². The first-order valence-electron chi connectivity index (χ1n) is 4.06. The van der Waals surface area contributed by atoms with E-state index >= 15 is 0 Å². The highest BCUT2D eigenvalue weighted by molar-refractivity contribution is 6.31. The molecule has 0 radical (unpaired) electrons. The van der Waals surface area contributed by atoms with Gasteiger partial charge in [-0.15, -0.1) is 0 Å². The molecule has 0 amide bonds. The number of hydrogen-bond acceptors (Lipinski definition) is 2. The number of halogens is 1. The zero-order valence-corrected chi connectivity index (χ0v) is 7.98. The van der Waals surface area contributed by atoms with Crippen molar-refractivity contribution in [2.24, 2.45) is 0 Å². The smallest absolute Gasteiger partial charge is 0.170 e. The van der Waals surface area contributed by atoms with E-state index in [1.54, 1.807) is 4.57 Å². The topological polar surface area (TPSA) is 34.9 Å². The summed E-state index contributed by atoms with van der Waals surface area (Å²) in [5.74, 6) is 0. The number of aldehydes is 1. The highest BCUT2D eigenvalue weighted by Gasteiger charge is 2.08. The summed E-state index contributed by atoms with van der Waals surface area (Å²) in [7, 11) is 0. The molecular weight excluding hydrogens is 200 g/mol. The fraction of sp³-hybridized carbons (Fsp3) is 0. The van der Waals surface area contributed by atoms with Crippen LogP contribution in [0.4, 0.5) is 0 Å². The predicted octanol–water partition coefficient (Wildman–Crippen LogP) is 2.34. The molecular formula is C10H7ClN2O. The van der Waals surface area contributed by atoms with Gasteiger partial charge in [-0.3, -0.25) is 9.36 Å². The van der Waals surface area contributed by atoms with Gasteiger partial charge in [-0.1, -0.05) is 29.8 Å². The molecule has 70 valence electrons. The molecule has 0 aliphatic rings. The van der Waals surface area contributed by atoms with Crippen molar-refractivity contribution >= 4 is 17.9 Å². The molecule has 0 saturated carbocycles. The zero-order valence-electron chi connectivity index (χ0n) is 7.22. The van der Waals surface area contributed by atoms with Crippen LogP contribution in [0.15, 0.2) is 36.7 Å². The van der Waals surface area contributed by atoms with Crippen molar-refractivity contribution in [2.75, 3.05) is 0 Å². The summed E-state index contributed by atoms with van der Waals surface area (Å²) >= 11 is 5.73. The van der Waals surface area contributed by atoms with Crippen LogP contribution in [-0.4, -0.2) is 15.8 Å². The van der Waals surface area contributed by atoms with Crippen molar-refractivity contribution in [3.8, 4) is 5.69 Å². The third kappa shape index (κ3) is 1.42. The second-order valence-electron chi connectivity index (χ2n) is 2.74. The lowest BCUT2D eigenvalue weighted by atomic mass is 10.3. The van der Waals surface area contributed by atoms with E-state index in [2.05, 4.69) is 4.98 Å². The van der Waals surface area contributed by atoms with Crippen molar-refractivity contribution in [2.45, 2.75) is 0 Å². The third-order valence-corrected chi connectivity index (χ3v) is 2.19. The quantitative estimate of drug-likeness (QED) is 0.707. The number of carbonyl (C=O) groups is 1. The van der Waals surface area contributed by atoms with E-state index in [0.29, 0.717) is 12.0 Å². The summed E-state index contributed by atoms with van der Waals surface area (Å²) in [6.07, 6.45) is 2.23. The van der Waals surface area contributed by atoms with E-state index in [0.717, 1.165) is 5.69 Å². The molecule has 2 aromatic rings. The molecule has 0 saturated heterocycles. The monoisotopic (exact) mass is 206 g/mol. The molecule has 0 spiro atoms. The maximum Gasteiger partial charge on any atom is 0.170 e. The molecule has 0 unspecified atom stereocenters. The Morgan fingerprint density at radius 3 is 2.64 bits per heavy atom. The summed E-state index contributed by atoms with van der Waals surface area (Å²) in [5.41, 5.74) is 1.24. The Balaban J connectivity index is 2.57. The van der Waals surface area contributed by atoms with Crippen molar-refractivity contribution in [1.82, 2.24) is 9.55 Å². The highest BCUT2D eigenvalue weighted by Crippen LogP contribution is 2.16. The van der Waals surface area contributed by atoms with Crippen molar-refractivity contribution in [1.29, 1.82) is 0 Å². The maximum absolute atomic E-state index is 10.7. The standard InChI is InChI=1S/C10H7ClN2O/c11-10-9(6-14)13(7-12-10)8-4-2-1-3-5-8/h1-7H. The SMILES string of the molecule is O=Cc1c(Cl)ncn1-c1ccccc1. The minimum atomic E-state index is 0.226. The zero-order chi connectivity index (χ0) is 9.97.